The fourth-order valence-corrected chi connectivity index (χ4v) is 2.29. The van der Waals surface area contributed by atoms with Crippen LogP contribution in [0.2, 0.25) is 0 Å². The van der Waals surface area contributed by atoms with Gasteiger partial charge in [-0.3, -0.25) is 4.79 Å². The van der Waals surface area contributed by atoms with Gasteiger partial charge in [0.25, 0.3) is 0 Å². The number of carbonyl (C=O) groups is 1. The molecule has 142 valence electrons. The highest BCUT2D eigenvalue weighted by Crippen LogP contribution is 2.25. The molecule has 2 rings (SSSR count). The van der Waals surface area contributed by atoms with Crippen molar-refractivity contribution in [3.63, 3.8) is 0 Å². The van der Waals surface area contributed by atoms with Crippen LogP contribution in [0.1, 0.15) is 17.5 Å². The Morgan fingerprint density at radius 3 is 2.67 bits per heavy atom. The Kier molecular flexibility index (Phi) is 6.66. The molecule has 2 aromatic carbocycles. The summed E-state index contributed by atoms with van der Waals surface area (Å²) in [5.41, 5.74) is 1.14. The van der Waals surface area contributed by atoms with Crippen LogP contribution in [-0.4, -0.2) is 25.8 Å². The first-order valence-corrected chi connectivity index (χ1v) is 7.97. The predicted molar refractivity (Wildman–Crippen MR) is 92.7 cm³/mol. The van der Waals surface area contributed by atoms with Crippen LogP contribution in [0.15, 0.2) is 42.5 Å². The third-order valence-corrected chi connectivity index (χ3v) is 3.55. The van der Waals surface area contributed by atoms with Gasteiger partial charge >= 0.3 is 6.18 Å². The summed E-state index contributed by atoms with van der Waals surface area (Å²) in [6, 6.07) is 13.0. The quantitative estimate of drug-likeness (QED) is 0.788. The van der Waals surface area contributed by atoms with Crippen molar-refractivity contribution < 1.29 is 27.4 Å². The maximum absolute atomic E-state index is 12.2. The number of ether oxygens (including phenoxy) is 2. The third kappa shape index (κ3) is 6.55. The summed E-state index contributed by atoms with van der Waals surface area (Å²) in [5, 5.41) is 11.7. The molecule has 0 atom stereocenters. The molecule has 27 heavy (non-hydrogen) atoms. The summed E-state index contributed by atoms with van der Waals surface area (Å²) in [4.78, 5) is 12.1. The smallest absolute Gasteiger partial charge is 0.422 e. The Labute approximate surface area is 154 Å². The van der Waals surface area contributed by atoms with Crippen LogP contribution < -0.4 is 14.8 Å². The number of nitriles is 1. The summed E-state index contributed by atoms with van der Waals surface area (Å²) in [6.07, 6.45) is -3.82. The molecular weight excluding hydrogens is 361 g/mol. The lowest BCUT2D eigenvalue weighted by atomic mass is 10.1. The summed E-state index contributed by atoms with van der Waals surface area (Å²) >= 11 is 0. The second-order valence-corrected chi connectivity index (χ2v) is 5.63. The topological polar surface area (TPSA) is 71.3 Å². The molecule has 0 spiro atoms. The molecule has 1 amide bonds. The molecule has 0 aliphatic heterocycles. The molecule has 0 radical (unpaired) electrons. The number of nitrogens with one attached hydrogen (secondary N) is 1. The summed E-state index contributed by atoms with van der Waals surface area (Å²) in [7, 11) is 1.56. The highest BCUT2D eigenvalue weighted by atomic mass is 19.4. The van der Waals surface area contributed by atoms with Gasteiger partial charge in [0.05, 0.1) is 12.7 Å². The Morgan fingerprint density at radius 1 is 1.22 bits per heavy atom. The van der Waals surface area contributed by atoms with Crippen LogP contribution in [0, 0.1) is 11.3 Å². The Balaban J connectivity index is 1.96. The third-order valence-electron chi connectivity index (χ3n) is 3.55. The van der Waals surface area contributed by atoms with Gasteiger partial charge in [0.2, 0.25) is 5.91 Å². The first-order valence-electron chi connectivity index (χ1n) is 7.97. The van der Waals surface area contributed by atoms with E-state index in [2.05, 4.69) is 10.1 Å². The molecule has 5 nitrogen and oxygen atoms in total. The molecule has 0 heterocycles. The minimum Gasteiger partial charge on any atom is -0.497 e. The average Bonchev–Trinajstić information content (AvgIpc) is 2.64. The number of aryl methyl sites for hydroxylation is 1. The van der Waals surface area contributed by atoms with E-state index in [0.717, 1.165) is 5.56 Å². The average molecular weight is 378 g/mol. The maximum atomic E-state index is 12.2. The zero-order valence-electron chi connectivity index (χ0n) is 14.5. The second kappa shape index (κ2) is 8.94. The SMILES string of the molecule is COc1cccc(CCC(=O)Nc2ccc(OCC(F)(F)F)c(C#N)c2)c1. The van der Waals surface area contributed by atoms with Crippen molar-refractivity contribution in [3.05, 3.63) is 53.6 Å². The molecule has 2 aromatic rings. The summed E-state index contributed by atoms with van der Waals surface area (Å²) in [6.45, 7) is -1.49. The number of hydrogen-bond donors (Lipinski definition) is 1. The zero-order chi connectivity index (χ0) is 19.9. The molecule has 0 aliphatic rings. The monoisotopic (exact) mass is 378 g/mol. The van der Waals surface area contributed by atoms with Gasteiger partial charge in [-0.1, -0.05) is 12.1 Å². The van der Waals surface area contributed by atoms with Crippen LogP contribution in [-0.2, 0) is 11.2 Å². The number of amides is 1. The van der Waals surface area contributed by atoms with Crippen molar-refractivity contribution in [2.75, 3.05) is 19.0 Å². The standard InChI is InChI=1S/C19H17F3N2O3/c1-26-16-4-2-3-13(9-16)5-8-18(25)24-15-6-7-17(14(10-15)11-23)27-12-19(20,21)22/h2-4,6-7,9-10H,5,8,12H2,1H3,(H,24,25). The number of alkyl halides is 3. The Bertz CT molecular complexity index is 845. The molecular formula is C19H17F3N2O3. The zero-order valence-corrected chi connectivity index (χ0v) is 14.5. The molecule has 8 heteroatoms. The van der Waals surface area contributed by atoms with Crippen molar-refractivity contribution in [2.24, 2.45) is 0 Å². The van der Waals surface area contributed by atoms with E-state index in [9.17, 15) is 18.0 Å². The summed E-state index contributed by atoms with van der Waals surface area (Å²) < 4.78 is 46.4. The number of rotatable bonds is 7. The minimum absolute atomic E-state index is 0.0927. The molecule has 0 unspecified atom stereocenters. The van der Waals surface area contributed by atoms with Crippen molar-refractivity contribution in [3.8, 4) is 17.6 Å². The number of hydrogen-bond acceptors (Lipinski definition) is 4. The lowest BCUT2D eigenvalue weighted by Crippen LogP contribution is -2.19. The van der Waals surface area contributed by atoms with E-state index in [1.807, 2.05) is 18.2 Å². The molecule has 1 N–H and O–H groups in total. The van der Waals surface area contributed by atoms with Crippen molar-refractivity contribution >= 4 is 11.6 Å². The normalized spacial score (nSPS) is 10.8. The fourth-order valence-electron chi connectivity index (χ4n) is 2.29. The molecule has 0 aromatic heterocycles. The largest absolute Gasteiger partial charge is 0.497 e. The lowest BCUT2D eigenvalue weighted by molar-refractivity contribution is -0.153. The minimum atomic E-state index is -4.50. The summed E-state index contributed by atoms with van der Waals surface area (Å²) in [5.74, 6) is 0.218. The van der Waals surface area contributed by atoms with Crippen LogP contribution in [0.25, 0.3) is 0 Å². The van der Waals surface area contributed by atoms with Gasteiger partial charge in [-0.15, -0.1) is 0 Å². The number of carbonyl (C=O) groups excluding carboxylic acids is 1. The number of benzene rings is 2. The number of anilines is 1. The van der Waals surface area contributed by atoms with Gasteiger partial charge in [-0.2, -0.15) is 18.4 Å². The fraction of sp³-hybridized carbons (Fsp3) is 0.263. The second-order valence-electron chi connectivity index (χ2n) is 5.63. The first-order chi connectivity index (χ1) is 12.8. The van der Waals surface area contributed by atoms with E-state index in [0.29, 0.717) is 17.9 Å². The van der Waals surface area contributed by atoms with E-state index in [-0.39, 0.29) is 23.6 Å². The molecule has 0 aliphatic carbocycles. The molecule has 0 fully saturated rings. The number of methoxy groups -OCH3 is 1. The predicted octanol–water partition coefficient (Wildman–Crippen LogP) is 4.08. The van der Waals surface area contributed by atoms with Gasteiger partial charge in [-0.25, -0.2) is 0 Å². The molecule has 0 saturated heterocycles. The number of halogens is 3. The van der Waals surface area contributed by atoms with Crippen molar-refractivity contribution in [1.29, 1.82) is 5.26 Å². The van der Waals surface area contributed by atoms with Gasteiger partial charge in [0, 0.05) is 12.1 Å². The van der Waals surface area contributed by atoms with E-state index in [1.54, 1.807) is 19.2 Å². The Hall–Kier alpha value is -3.21. The first kappa shape index (κ1) is 20.1. The lowest BCUT2D eigenvalue weighted by Gasteiger charge is -2.12. The van der Waals surface area contributed by atoms with E-state index < -0.39 is 12.8 Å². The van der Waals surface area contributed by atoms with Gasteiger partial charge < -0.3 is 14.8 Å². The van der Waals surface area contributed by atoms with Gasteiger partial charge in [0.15, 0.2) is 6.61 Å². The van der Waals surface area contributed by atoms with Gasteiger partial charge in [-0.05, 0) is 42.3 Å². The maximum Gasteiger partial charge on any atom is 0.422 e. The highest BCUT2D eigenvalue weighted by molar-refractivity contribution is 5.91. The van der Waals surface area contributed by atoms with Crippen LogP contribution in [0.5, 0.6) is 11.5 Å². The van der Waals surface area contributed by atoms with Crippen LogP contribution >= 0.6 is 0 Å². The molecule has 0 saturated carbocycles. The molecule has 0 bridgehead atoms. The van der Waals surface area contributed by atoms with Crippen molar-refractivity contribution in [1.82, 2.24) is 0 Å². The van der Waals surface area contributed by atoms with Crippen LogP contribution in [0.3, 0.4) is 0 Å². The van der Waals surface area contributed by atoms with E-state index in [4.69, 9.17) is 10.00 Å². The number of nitrogens with zero attached hydrogens (tertiary/aromatic N) is 1. The highest BCUT2D eigenvalue weighted by Gasteiger charge is 2.28. The van der Waals surface area contributed by atoms with Crippen LogP contribution in [0.4, 0.5) is 18.9 Å². The Morgan fingerprint density at radius 2 is 2.00 bits per heavy atom. The van der Waals surface area contributed by atoms with E-state index in [1.165, 1.54) is 18.2 Å². The van der Waals surface area contributed by atoms with E-state index >= 15 is 0 Å². The van der Waals surface area contributed by atoms with Crippen molar-refractivity contribution in [2.45, 2.75) is 19.0 Å². The van der Waals surface area contributed by atoms with Gasteiger partial charge in [0.1, 0.15) is 17.6 Å².